The normalized spacial score (nSPS) is 14.0. The third kappa shape index (κ3) is 9.79. The standard InChI is InChI=1S/C25H31FN4O5S.2ClH/c1-2-34-24(31)17-36(32,33)30(16-20(26)15-18-4-3-5-19(14-18)25(27)28)21-6-8-22(9-7-21)35-23-10-12-29-13-11-23;;/h3-9,14-15,23,29H,2,10-13,16-17H2,1H3,(H3,27,28);2*1H/b20-15+;;. The Hall–Kier alpha value is -2.86. The van der Waals surface area contributed by atoms with Crippen molar-refractivity contribution in [2.45, 2.75) is 25.9 Å². The van der Waals surface area contributed by atoms with Crippen LogP contribution in [0.2, 0.25) is 0 Å². The number of anilines is 1. The Morgan fingerprint density at radius 3 is 2.45 bits per heavy atom. The highest BCUT2D eigenvalue weighted by Crippen LogP contribution is 2.26. The van der Waals surface area contributed by atoms with Crippen molar-refractivity contribution in [3.63, 3.8) is 0 Å². The zero-order valence-electron chi connectivity index (χ0n) is 20.9. The fraction of sp³-hybridized carbons (Fsp3) is 0.360. The van der Waals surface area contributed by atoms with E-state index in [0.717, 1.165) is 36.3 Å². The minimum absolute atomic E-state index is 0. The summed E-state index contributed by atoms with van der Waals surface area (Å²) in [6.45, 7) is 2.69. The Balaban J connectivity index is 0.00000361. The number of nitrogens with two attached hydrogens (primary N) is 1. The highest BCUT2D eigenvalue weighted by molar-refractivity contribution is 7.93. The molecule has 0 amide bonds. The molecule has 0 aliphatic carbocycles. The molecular formula is C25H33Cl2FN4O5S. The molecule has 9 nitrogen and oxygen atoms in total. The maximum Gasteiger partial charge on any atom is 0.323 e. The average molecular weight is 592 g/mol. The van der Waals surface area contributed by atoms with Gasteiger partial charge >= 0.3 is 5.97 Å². The lowest BCUT2D eigenvalue weighted by Gasteiger charge is -2.25. The fourth-order valence-electron chi connectivity index (χ4n) is 3.74. The molecule has 0 unspecified atom stereocenters. The molecule has 1 aliphatic heterocycles. The van der Waals surface area contributed by atoms with Crippen LogP contribution in [0.15, 0.2) is 54.4 Å². The minimum Gasteiger partial charge on any atom is -0.490 e. The van der Waals surface area contributed by atoms with Gasteiger partial charge in [0.1, 0.15) is 23.5 Å². The summed E-state index contributed by atoms with van der Waals surface area (Å²) in [6.07, 6.45) is 2.95. The van der Waals surface area contributed by atoms with Gasteiger partial charge in [-0.3, -0.25) is 14.5 Å². The van der Waals surface area contributed by atoms with Gasteiger partial charge in [0.2, 0.25) is 10.0 Å². The smallest absolute Gasteiger partial charge is 0.323 e. The Bertz CT molecular complexity index is 1210. The molecule has 0 spiro atoms. The molecule has 38 heavy (non-hydrogen) atoms. The first-order chi connectivity index (χ1) is 17.2. The van der Waals surface area contributed by atoms with E-state index in [1.165, 1.54) is 18.2 Å². The minimum atomic E-state index is -4.27. The molecule has 0 saturated carbocycles. The van der Waals surface area contributed by atoms with Crippen molar-refractivity contribution >= 4 is 58.4 Å². The molecule has 2 aromatic carbocycles. The number of amidine groups is 1. The molecule has 13 heteroatoms. The fourth-order valence-corrected chi connectivity index (χ4v) is 5.04. The van der Waals surface area contributed by atoms with Crippen LogP contribution in [0.25, 0.3) is 6.08 Å². The van der Waals surface area contributed by atoms with E-state index in [4.69, 9.17) is 20.6 Å². The molecule has 1 heterocycles. The number of benzene rings is 2. The molecule has 3 rings (SSSR count). The molecule has 4 N–H and O–H groups in total. The number of rotatable bonds is 11. The van der Waals surface area contributed by atoms with E-state index >= 15 is 4.39 Å². The molecule has 1 fully saturated rings. The monoisotopic (exact) mass is 590 g/mol. The van der Waals surface area contributed by atoms with Gasteiger partial charge in [0.05, 0.1) is 18.8 Å². The van der Waals surface area contributed by atoms with Crippen LogP contribution in [0, 0.1) is 5.41 Å². The summed E-state index contributed by atoms with van der Waals surface area (Å²) in [7, 11) is -4.27. The van der Waals surface area contributed by atoms with Gasteiger partial charge in [-0.05, 0) is 74.8 Å². The zero-order chi connectivity index (χ0) is 26.1. The lowest BCUT2D eigenvalue weighted by molar-refractivity contribution is -0.139. The van der Waals surface area contributed by atoms with Crippen LogP contribution >= 0.6 is 24.8 Å². The number of hydrogen-bond donors (Lipinski definition) is 3. The van der Waals surface area contributed by atoms with E-state index in [1.54, 1.807) is 37.3 Å². The van der Waals surface area contributed by atoms with Crippen molar-refractivity contribution < 1.29 is 27.1 Å². The highest BCUT2D eigenvalue weighted by Gasteiger charge is 2.28. The van der Waals surface area contributed by atoms with Gasteiger partial charge in [-0.2, -0.15) is 0 Å². The van der Waals surface area contributed by atoms with Gasteiger partial charge in [-0.15, -0.1) is 24.8 Å². The van der Waals surface area contributed by atoms with Crippen LogP contribution < -0.4 is 20.1 Å². The Morgan fingerprint density at radius 1 is 1.18 bits per heavy atom. The predicted molar refractivity (Wildman–Crippen MR) is 152 cm³/mol. The second-order valence-electron chi connectivity index (χ2n) is 8.26. The summed E-state index contributed by atoms with van der Waals surface area (Å²) in [5.74, 6) is -2.21. The van der Waals surface area contributed by atoms with Crippen molar-refractivity contribution in [3.05, 3.63) is 65.5 Å². The number of hydrogen-bond acceptors (Lipinski definition) is 7. The summed E-state index contributed by atoms with van der Waals surface area (Å²) >= 11 is 0. The van der Waals surface area contributed by atoms with Gasteiger partial charge in [0.15, 0.2) is 5.75 Å². The van der Waals surface area contributed by atoms with Crippen molar-refractivity contribution in [2.75, 3.05) is 36.3 Å². The molecule has 2 aromatic rings. The summed E-state index contributed by atoms with van der Waals surface area (Å²) in [5, 5.41) is 10.8. The van der Waals surface area contributed by atoms with E-state index < -0.39 is 34.1 Å². The van der Waals surface area contributed by atoms with Crippen LogP contribution in [0.3, 0.4) is 0 Å². The van der Waals surface area contributed by atoms with Crippen molar-refractivity contribution in [2.24, 2.45) is 5.73 Å². The quantitative estimate of drug-likeness (QED) is 0.206. The maximum absolute atomic E-state index is 15.1. The van der Waals surface area contributed by atoms with Crippen molar-refractivity contribution in [1.29, 1.82) is 5.41 Å². The zero-order valence-corrected chi connectivity index (χ0v) is 23.3. The average Bonchev–Trinajstić information content (AvgIpc) is 2.84. The van der Waals surface area contributed by atoms with Crippen molar-refractivity contribution in [3.8, 4) is 5.75 Å². The maximum atomic E-state index is 15.1. The molecule has 0 radical (unpaired) electrons. The van der Waals surface area contributed by atoms with Gasteiger partial charge < -0.3 is 20.5 Å². The first kappa shape index (κ1) is 33.2. The third-order valence-corrected chi connectivity index (χ3v) is 7.08. The van der Waals surface area contributed by atoms with Gasteiger partial charge in [-0.25, -0.2) is 12.8 Å². The number of carbonyl (C=O) groups excluding carboxylic acids is 1. The van der Waals surface area contributed by atoms with Crippen LogP contribution in [0.5, 0.6) is 5.75 Å². The molecule has 210 valence electrons. The predicted octanol–water partition coefficient (Wildman–Crippen LogP) is 3.65. The Kier molecular flexibility index (Phi) is 13.6. The number of esters is 1. The first-order valence-electron chi connectivity index (χ1n) is 11.6. The molecule has 1 saturated heterocycles. The molecule has 0 bridgehead atoms. The lowest BCUT2D eigenvalue weighted by atomic mass is 10.1. The number of carbonyl (C=O) groups is 1. The summed E-state index contributed by atoms with van der Waals surface area (Å²) in [5.41, 5.74) is 6.49. The molecular weight excluding hydrogens is 558 g/mol. The number of sulfonamides is 1. The van der Waals surface area contributed by atoms with Crippen LogP contribution in [0.4, 0.5) is 10.1 Å². The SMILES string of the molecule is CCOC(=O)CS(=O)(=O)N(C/C(F)=C\c1cccc(C(=N)N)c1)c1ccc(OC2CCNCC2)cc1.Cl.Cl. The molecule has 0 atom stereocenters. The first-order valence-corrected chi connectivity index (χ1v) is 13.2. The van der Waals surface area contributed by atoms with Gasteiger partial charge in [0, 0.05) is 5.56 Å². The third-order valence-electron chi connectivity index (χ3n) is 5.47. The largest absolute Gasteiger partial charge is 0.490 e. The number of ether oxygens (including phenoxy) is 2. The van der Waals surface area contributed by atoms with Gasteiger partial charge in [-0.1, -0.05) is 18.2 Å². The number of halogens is 3. The topological polar surface area (TPSA) is 135 Å². The van der Waals surface area contributed by atoms with Crippen molar-refractivity contribution in [1.82, 2.24) is 5.32 Å². The molecule has 1 aliphatic rings. The second-order valence-corrected chi connectivity index (χ2v) is 10.2. The van der Waals surface area contributed by atoms with Crippen LogP contribution in [-0.2, 0) is 19.6 Å². The van der Waals surface area contributed by atoms with Crippen LogP contribution in [-0.4, -0.2) is 58.3 Å². The van der Waals surface area contributed by atoms with E-state index in [0.29, 0.717) is 16.9 Å². The van der Waals surface area contributed by atoms with E-state index in [-0.39, 0.29) is 49.0 Å². The highest BCUT2D eigenvalue weighted by atomic mass is 35.5. The number of nitrogens with one attached hydrogen (secondary N) is 2. The number of nitrogen functional groups attached to an aromatic ring is 1. The second kappa shape index (κ2) is 15.5. The van der Waals surface area contributed by atoms with E-state index in [1.807, 2.05) is 0 Å². The number of nitrogens with zero attached hydrogens (tertiary/aromatic N) is 1. The lowest BCUT2D eigenvalue weighted by Crippen LogP contribution is -2.37. The summed E-state index contributed by atoms with van der Waals surface area (Å²) < 4.78 is 52.9. The molecule has 0 aromatic heterocycles. The Labute approximate surface area is 234 Å². The van der Waals surface area contributed by atoms with E-state index in [9.17, 15) is 13.2 Å². The Morgan fingerprint density at radius 2 is 1.84 bits per heavy atom. The summed E-state index contributed by atoms with van der Waals surface area (Å²) in [6, 6.07) is 12.6. The van der Waals surface area contributed by atoms with Crippen LogP contribution in [0.1, 0.15) is 30.9 Å². The van der Waals surface area contributed by atoms with Gasteiger partial charge in [0.25, 0.3) is 0 Å². The number of piperidine rings is 1. The summed E-state index contributed by atoms with van der Waals surface area (Å²) in [4.78, 5) is 12.0. The van der Waals surface area contributed by atoms with E-state index in [2.05, 4.69) is 5.32 Å².